The molecule has 0 aliphatic heterocycles. The highest BCUT2D eigenvalue weighted by molar-refractivity contribution is 7.11. The van der Waals surface area contributed by atoms with Crippen LogP contribution in [0, 0.1) is 12.8 Å². The molecule has 0 fully saturated rings. The molecule has 0 amide bonds. The van der Waals surface area contributed by atoms with E-state index in [1.54, 1.807) is 11.3 Å². The minimum atomic E-state index is 0.0513. The van der Waals surface area contributed by atoms with Gasteiger partial charge >= 0.3 is 0 Å². The Labute approximate surface area is 89.2 Å². The van der Waals surface area contributed by atoms with Crippen molar-refractivity contribution in [2.75, 3.05) is 6.54 Å². The van der Waals surface area contributed by atoms with Gasteiger partial charge in [-0.05, 0) is 19.4 Å². The Bertz CT molecular complexity index is 284. The van der Waals surface area contributed by atoms with E-state index in [0.29, 0.717) is 5.92 Å². The number of hydrogen-bond acceptors (Lipinski definition) is 4. The molecule has 0 saturated heterocycles. The van der Waals surface area contributed by atoms with Crippen molar-refractivity contribution < 1.29 is 5.11 Å². The van der Waals surface area contributed by atoms with Crippen LogP contribution in [0.3, 0.4) is 0 Å². The first-order valence-corrected chi connectivity index (χ1v) is 5.72. The second-order valence-electron chi connectivity index (χ2n) is 3.80. The summed E-state index contributed by atoms with van der Waals surface area (Å²) in [6.07, 6.45) is 0. The Morgan fingerprint density at radius 1 is 1.50 bits per heavy atom. The Morgan fingerprint density at radius 2 is 2.21 bits per heavy atom. The summed E-state index contributed by atoms with van der Waals surface area (Å²) in [6.45, 7) is 8.29. The molecule has 0 aliphatic rings. The lowest BCUT2D eigenvalue weighted by Crippen LogP contribution is -2.18. The lowest BCUT2D eigenvalue weighted by atomic mass is 10.2. The first-order valence-electron chi connectivity index (χ1n) is 4.90. The molecule has 0 unspecified atom stereocenters. The van der Waals surface area contributed by atoms with Gasteiger partial charge in [-0.2, -0.15) is 0 Å². The van der Waals surface area contributed by atoms with Crippen LogP contribution in [0.15, 0.2) is 0 Å². The van der Waals surface area contributed by atoms with Gasteiger partial charge in [0.05, 0.1) is 12.3 Å². The summed E-state index contributed by atoms with van der Waals surface area (Å²) in [5, 5.41) is 13.1. The van der Waals surface area contributed by atoms with Crippen LogP contribution >= 0.6 is 11.3 Å². The largest absolute Gasteiger partial charge is 0.389 e. The van der Waals surface area contributed by atoms with E-state index >= 15 is 0 Å². The molecule has 1 aromatic heterocycles. The Balaban J connectivity index is 2.45. The number of nitrogens with zero attached hydrogens (tertiary/aromatic N) is 1. The van der Waals surface area contributed by atoms with Crippen molar-refractivity contribution in [2.45, 2.75) is 33.9 Å². The molecule has 0 aromatic carbocycles. The van der Waals surface area contributed by atoms with Gasteiger partial charge in [-0.25, -0.2) is 4.98 Å². The fourth-order valence-corrected chi connectivity index (χ4v) is 2.09. The lowest BCUT2D eigenvalue weighted by molar-refractivity contribution is 0.281. The Morgan fingerprint density at radius 3 is 2.71 bits per heavy atom. The molecule has 3 nitrogen and oxygen atoms in total. The third kappa shape index (κ3) is 3.36. The maximum Gasteiger partial charge on any atom is 0.119 e. The fraction of sp³-hybridized carbons (Fsp3) is 0.700. The average molecular weight is 214 g/mol. The molecule has 1 heterocycles. The molecule has 0 radical (unpaired) electrons. The smallest absolute Gasteiger partial charge is 0.119 e. The van der Waals surface area contributed by atoms with Crippen LogP contribution in [0.1, 0.15) is 29.4 Å². The van der Waals surface area contributed by atoms with Crippen molar-refractivity contribution in [1.29, 1.82) is 0 Å². The normalized spacial score (nSPS) is 11.2. The number of rotatable bonds is 5. The SMILES string of the molecule is Cc1nc(CO)sc1CNCC(C)C. The van der Waals surface area contributed by atoms with Crippen LogP contribution in [0.5, 0.6) is 0 Å². The van der Waals surface area contributed by atoms with Crippen LogP contribution in [0.25, 0.3) is 0 Å². The monoisotopic (exact) mass is 214 g/mol. The van der Waals surface area contributed by atoms with Gasteiger partial charge in [-0.3, -0.25) is 0 Å². The summed E-state index contributed by atoms with van der Waals surface area (Å²) >= 11 is 1.59. The molecule has 80 valence electrons. The predicted octanol–water partition coefficient (Wildman–Crippen LogP) is 1.69. The van der Waals surface area contributed by atoms with Crippen LogP contribution < -0.4 is 5.32 Å². The molecule has 14 heavy (non-hydrogen) atoms. The van der Waals surface area contributed by atoms with E-state index in [2.05, 4.69) is 24.1 Å². The second-order valence-corrected chi connectivity index (χ2v) is 4.97. The summed E-state index contributed by atoms with van der Waals surface area (Å²) in [4.78, 5) is 5.49. The molecule has 0 aliphatic carbocycles. The van der Waals surface area contributed by atoms with Gasteiger partial charge in [0.1, 0.15) is 5.01 Å². The molecule has 0 bridgehead atoms. The van der Waals surface area contributed by atoms with Crippen molar-refractivity contribution in [3.63, 3.8) is 0 Å². The quantitative estimate of drug-likeness (QED) is 0.784. The van der Waals surface area contributed by atoms with Gasteiger partial charge in [0.25, 0.3) is 0 Å². The van der Waals surface area contributed by atoms with E-state index < -0.39 is 0 Å². The van der Waals surface area contributed by atoms with E-state index in [1.807, 2.05) is 6.92 Å². The van der Waals surface area contributed by atoms with Crippen molar-refractivity contribution in [1.82, 2.24) is 10.3 Å². The van der Waals surface area contributed by atoms with Gasteiger partial charge < -0.3 is 10.4 Å². The van der Waals surface area contributed by atoms with Gasteiger partial charge in [-0.1, -0.05) is 13.8 Å². The Hall–Kier alpha value is -0.450. The number of aliphatic hydroxyl groups is 1. The summed E-state index contributed by atoms with van der Waals surface area (Å²) < 4.78 is 0. The van der Waals surface area contributed by atoms with Gasteiger partial charge in [0, 0.05) is 11.4 Å². The zero-order chi connectivity index (χ0) is 10.6. The number of nitrogens with one attached hydrogen (secondary N) is 1. The number of aryl methyl sites for hydroxylation is 1. The van der Waals surface area contributed by atoms with E-state index in [0.717, 1.165) is 23.8 Å². The van der Waals surface area contributed by atoms with Gasteiger partial charge in [0.2, 0.25) is 0 Å². The summed E-state index contributed by atoms with van der Waals surface area (Å²) in [5.74, 6) is 0.667. The molecule has 0 spiro atoms. The average Bonchev–Trinajstić information content (AvgIpc) is 2.47. The number of aliphatic hydroxyl groups excluding tert-OH is 1. The highest BCUT2D eigenvalue weighted by Gasteiger charge is 2.06. The molecule has 0 atom stereocenters. The number of thiazole rings is 1. The van der Waals surface area contributed by atoms with E-state index in [9.17, 15) is 0 Å². The van der Waals surface area contributed by atoms with Gasteiger partial charge in [0.15, 0.2) is 0 Å². The molecule has 1 aromatic rings. The maximum atomic E-state index is 8.92. The second kappa shape index (κ2) is 5.44. The standard InChI is InChI=1S/C10H18N2OS/c1-7(2)4-11-5-9-8(3)12-10(6-13)14-9/h7,11,13H,4-6H2,1-3H3. The van der Waals surface area contributed by atoms with Crippen LogP contribution in [-0.4, -0.2) is 16.6 Å². The summed E-state index contributed by atoms with van der Waals surface area (Å²) in [5.41, 5.74) is 1.04. The minimum Gasteiger partial charge on any atom is -0.389 e. The third-order valence-electron chi connectivity index (χ3n) is 1.91. The highest BCUT2D eigenvalue weighted by Crippen LogP contribution is 2.17. The zero-order valence-electron chi connectivity index (χ0n) is 9.00. The van der Waals surface area contributed by atoms with Crippen molar-refractivity contribution in [3.8, 4) is 0 Å². The zero-order valence-corrected chi connectivity index (χ0v) is 9.82. The molecular weight excluding hydrogens is 196 g/mol. The fourth-order valence-electron chi connectivity index (χ4n) is 1.19. The molecular formula is C10H18N2OS. The highest BCUT2D eigenvalue weighted by atomic mass is 32.1. The summed E-state index contributed by atoms with van der Waals surface area (Å²) in [7, 11) is 0. The third-order valence-corrected chi connectivity index (χ3v) is 3.05. The van der Waals surface area contributed by atoms with E-state index in [4.69, 9.17) is 5.11 Å². The van der Waals surface area contributed by atoms with Crippen molar-refractivity contribution >= 4 is 11.3 Å². The van der Waals surface area contributed by atoms with Crippen molar-refractivity contribution in [2.24, 2.45) is 5.92 Å². The van der Waals surface area contributed by atoms with Crippen LogP contribution in [0.4, 0.5) is 0 Å². The van der Waals surface area contributed by atoms with E-state index in [-0.39, 0.29) is 6.61 Å². The van der Waals surface area contributed by atoms with Crippen LogP contribution in [0.2, 0.25) is 0 Å². The maximum absolute atomic E-state index is 8.92. The number of hydrogen-bond donors (Lipinski definition) is 2. The first-order chi connectivity index (χ1) is 6.63. The topological polar surface area (TPSA) is 45.2 Å². The molecule has 1 rings (SSSR count). The number of aromatic nitrogens is 1. The lowest BCUT2D eigenvalue weighted by Gasteiger charge is -2.05. The van der Waals surface area contributed by atoms with E-state index in [1.165, 1.54) is 4.88 Å². The van der Waals surface area contributed by atoms with Gasteiger partial charge in [-0.15, -0.1) is 11.3 Å². The molecule has 4 heteroatoms. The van der Waals surface area contributed by atoms with Crippen LogP contribution in [-0.2, 0) is 13.2 Å². The Kier molecular flexibility index (Phi) is 4.51. The van der Waals surface area contributed by atoms with Crippen molar-refractivity contribution in [3.05, 3.63) is 15.6 Å². The minimum absolute atomic E-state index is 0.0513. The molecule has 2 N–H and O–H groups in total. The summed E-state index contributed by atoms with van der Waals surface area (Å²) in [6, 6.07) is 0. The predicted molar refractivity (Wildman–Crippen MR) is 59.3 cm³/mol. The first kappa shape index (κ1) is 11.6. The molecule has 0 saturated carbocycles.